The van der Waals surface area contributed by atoms with Crippen LogP contribution in [0, 0.1) is 5.82 Å². The molecule has 1 amide bonds. The van der Waals surface area contributed by atoms with Crippen LogP contribution in [-0.2, 0) is 11.2 Å². The van der Waals surface area contributed by atoms with Crippen molar-refractivity contribution in [3.63, 3.8) is 0 Å². The van der Waals surface area contributed by atoms with Gasteiger partial charge in [0.2, 0.25) is 5.91 Å². The summed E-state index contributed by atoms with van der Waals surface area (Å²) in [6.45, 7) is 1.92. The highest BCUT2D eigenvalue weighted by molar-refractivity contribution is 5.77. The lowest BCUT2D eigenvalue weighted by Gasteiger charge is -2.16. The summed E-state index contributed by atoms with van der Waals surface area (Å²) in [5.74, 6) is 1.12. The number of nitrogens with zero attached hydrogens (tertiary/aromatic N) is 1. The van der Waals surface area contributed by atoms with Gasteiger partial charge >= 0.3 is 0 Å². The van der Waals surface area contributed by atoms with Gasteiger partial charge in [0.25, 0.3) is 0 Å². The second-order valence-corrected chi connectivity index (χ2v) is 5.99. The van der Waals surface area contributed by atoms with Gasteiger partial charge in [0.15, 0.2) is 0 Å². The van der Waals surface area contributed by atoms with E-state index in [0.717, 1.165) is 17.7 Å². The SMILES string of the molecule is COc1ccc(CCNC(=O)CN(C)CCOc2ccc(F)cc2)cc1. The van der Waals surface area contributed by atoms with Gasteiger partial charge in [-0.2, -0.15) is 0 Å². The number of benzene rings is 2. The number of likely N-dealkylation sites (N-methyl/N-ethyl adjacent to an activating group) is 1. The van der Waals surface area contributed by atoms with Crippen LogP contribution in [0.15, 0.2) is 48.5 Å². The van der Waals surface area contributed by atoms with Gasteiger partial charge in [-0.3, -0.25) is 9.69 Å². The number of halogens is 1. The molecule has 140 valence electrons. The molecular formula is C20H25FN2O3. The molecule has 2 rings (SSSR count). The van der Waals surface area contributed by atoms with Crippen LogP contribution in [0.25, 0.3) is 0 Å². The monoisotopic (exact) mass is 360 g/mol. The molecule has 1 N–H and O–H groups in total. The van der Waals surface area contributed by atoms with Crippen molar-refractivity contribution in [3.05, 3.63) is 59.9 Å². The Hall–Kier alpha value is -2.60. The molecule has 0 heterocycles. The van der Waals surface area contributed by atoms with Crippen LogP contribution in [0.4, 0.5) is 4.39 Å². The highest BCUT2D eigenvalue weighted by atomic mass is 19.1. The van der Waals surface area contributed by atoms with Crippen LogP contribution >= 0.6 is 0 Å². The minimum absolute atomic E-state index is 0.0252. The second kappa shape index (κ2) is 10.4. The zero-order valence-corrected chi connectivity index (χ0v) is 15.2. The lowest BCUT2D eigenvalue weighted by molar-refractivity contribution is -0.121. The summed E-state index contributed by atoms with van der Waals surface area (Å²) in [5, 5.41) is 2.91. The molecule has 2 aromatic carbocycles. The molecule has 0 bridgehead atoms. The fourth-order valence-electron chi connectivity index (χ4n) is 2.37. The fourth-order valence-corrected chi connectivity index (χ4v) is 2.37. The summed E-state index contributed by atoms with van der Waals surface area (Å²) in [6, 6.07) is 13.7. The first-order valence-electron chi connectivity index (χ1n) is 8.53. The quantitative estimate of drug-likeness (QED) is 0.707. The molecule has 0 saturated heterocycles. The standard InChI is InChI=1S/C20H25FN2O3/c1-23(13-14-26-19-9-5-17(21)6-10-19)15-20(24)22-12-11-16-3-7-18(25-2)8-4-16/h3-10H,11-15H2,1-2H3,(H,22,24). The Morgan fingerprint density at radius 3 is 2.38 bits per heavy atom. The van der Waals surface area contributed by atoms with Gasteiger partial charge in [0.1, 0.15) is 23.9 Å². The molecule has 0 radical (unpaired) electrons. The first-order chi connectivity index (χ1) is 12.6. The Morgan fingerprint density at radius 2 is 1.73 bits per heavy atom. The number of carbonyl (C=O) groups excluding carboxylic acids is 1. The number of hydrogen-bond acceptors (Lipinski definition) is 4. The summed E-state index contributed by atoms with van der Waals surface area (Å²) in [7, 11) is 3.49. The summed E-state index contributed by atoms with van der Waals surface area (Å²) in [6.07, 6.45) is 0.771. The maximum absolute atomic E-state index is 12.8. The average molecular weight is 360 g/mol. The zero-order valence-electron chi connectivity index (χ0n) is 15.2. The normalized spacial score (nSPS) is 10.6. The van der Waals surface area contributed by atoms with Crippen molar-refractivity contribution >= 4 is 5.91 Å². The lowest BCUT2D eigenvalue weighted by atomic mass is 10.1. The number of amides is 1. The lowest BCUT2D eigenvalue weighted by Crippen LogP contribution is -2.37. The van der Waals surface area contributed by atoms with Crippen molar-refractivity contribution in [2.24, 2.45) is 0 Å². The van der Waals surface area contributed by atoms with E-state index in [1.54, 1.807) is 19.2 Å². The molecule has 0 spiro atoms. The minimum Gasteiger partial charge on any atom is -0.497 e. The number of methoxy groups -OCH3 is 1. The van der Waals surface area contributed by atoms with Gasteiger partial charge in [0.05, 0.1) is 13.7 Å². The Kier molecular flexibility index (Phi) is 7.89. The minimum atomic E-state index is -0.291. The van der Waals surface area contributed by atoms with E-state index >= 15 is 0 Å². The van der Waals surface area contributed by atoms with E-state index in [0.29, 0.717) is 32.0 Å². The maximum Gasteiger partial charge on any atom is 0.234 e. The second-order valence-electron chi connectivity index (χ2n) is 5.99. The van der Waals surface area contributed by atoms with Crippen LogP contribution in [0.2, 0.25) is 0 Å². The molecule has 0 atom stereocenters. The molecule has 6 heteroatoms. The number of ether oxygens (including phenoxy) is 2. The Labute approximate surface area is 153 Å². The van der Waals surface area contributed by atoms with Crippen LogP contribution in [0.5, 0.6) is 11.5 Å². The van der Waals surface area contributed by atoms with Crippen molar-refractivity contribution in [1.29, 1.82) is 0 Å². The van der Waals surface area contributed by atoms with Gasteiger partial charge in [-0.25, -0.2) is 4.39 Å². The first-order valence-corrected chi connectivity index (χ1v) is 8.53. The average Bonchev–Trinajstić information content (AvgIpc) is 2.64. The zero-order chi connectivity index (χ0) is 18.8. The van der Waals surface area contributed by atoms with Crippen molar-refractivity contribution in [1.82, 2.24) is 10.2 Å². The largest absolute Gasteiger partial charge is 0.497 e. The third-order valence-electron chi connectivity index (χ3n) is 3.86. The molecule has 0 aliphatic heterocycles. The van der Waals surface area contributed by atoms with Crippen LogP contribution in [-0.4, -0.2) is 51.2 Å². The van der Waals surface area contributed by atoms with Crippen molar-refractivity contribution < 1.29 is 18.7 Å². The first kappa shape index (κ1) is 19.7. The van der Waals surface area contributed by atoms with Crippen molar-refractivity contribution in [2.45, 2.75) is 6.42 Å². The van der Waals surface area contributed by atoms with Gasteiger partial charge < -0.3 is 14.8 Å². The predicted molar refractivity (Wildman–Crippen MR) is 99.1 cm³/mol. The van der Waals surface area contributed by atoms with E-state index < -0.39 is 0 Å². The van der Waals surface area contributed by atoms with Crippen LogP contribution in [0.1, 0.15) is 5.56 Å². The van der Waals surface area contributed by atoms with E-state index in [4.69, 9.17) is 9.47 Å². The summed E-state index contributed by atoms with van der Waals surface area (Å²) in [4.78, 5) is 13.8. The van der Waals surface area contributed by atoms with E-state index in [-0.39, 0.29) is 11.7 Å². The Balaban J connectivity index is 1.59. The topological polar surface area (TPSA) is 50.8 Å². The third kappa shape index (κ3) is 7.11. The fraction of sp³-hybridized carbons (Fsp3) is 0.350. The molecule has 5 nitrogen and oxygen atoms in total. The van der Waals surface area contributed by atoms with Gasteiger partial charge in [-0.15, -0.1) is 0 Å². The van der Waals surface area contributed by atoms with Gasteiger partial charge in [-0.05, 0) is 55.4 Å². The molecule has 0 aromatic heterocycles. The van der Waals surface area contributed by atoms with Crippen LogP contribution < -0.4 is 14.8 Å². The molecular weight excluding hydrogens is 335 g/mol. The molecule has 0 aliphatic carbocycles. The number of nitrogens with one attached hydrogen (secondary N) is 1. The van der Waals surface area contributed by atoms with Gasteiger partial charge in [-0.1, -0.05) is 12.1 Å². The molecule has 2 aromatic rings. The Bertz CT molecular complexity index is 674. The van der Waals surface area contributed by atoms with E-state index in [9.17, 15) is 9.18 Å². The molecule has 0 fully saturated rings. The molecule has 26 heavy (non-hydrogen) atoms. The van der Waals surface area contributed by atoms with Crippen molar-refractivity contribution in [3.8, 4) is 11.5 Å². The number of carbonyl (C=O) groups is 1. The van der Waals surface area contributed by atoms with Gasteiger partial charge in [0, 0.05) is 13.1 Å². The summed E-state index contributed by atoms with van der Waals surface area (Å²) in [5.41, 5.74) is 1.15. The Morgan fingerprint density at radius 1 is 1.08 bits per heavy atom. The summed E-state index contributed by atoms with van der Waals surface area (Å²) < 4.78 is 23.5. The smallest absolute Gasteiger partial charge is 0.234 e. The van der Waals surface area contributed by atoms with Crippen molar-refractivity contribution in [2.75, 3.05) is 40.4 Å². The molecule has 0 unspecified atom stereocenters. The van der Waals surface area contributed by atoms with Crippen LogP contribution in [0.3, 0.4) is 0 Å². The highest BCUT2D eigenvalue weighted by Gasteiger charge is 2.06. The molecule has 0 saturated carbocycles. The van der Waals surface area contributed by atoms with E-state index in [1.807, 2.05) is 36.2 Å². The number of hydrogen-bond donors (Lipinski definition) is 1. The third-order valence-corrected chi connectivity index (χ3v) is 3.86. The maximum atomic E-state index is 12.8. The summed E-state index contributed by atoms with van der Waals surface area (Å²) >= 11 is 0. The van der Waals surface area contributed by atoms with E-state index in [2.05, 4.69) is 5.32 Å². The predicted octanol–water partition coefficient (Wildman–Crippen LogP) is 2.50. The van der Waals surface area contributed by atoms with E-state index in [1.165, 1.54) is 12.1 Å². The molecule has 0 aliphatic rings. The number of rotatable bonds is 10. The highest BCUT2D eigenvalue weighted by Crippen LogP contribution is 2.11.